The molecule has 1 aliphatic heterocycles. The summed E-state index contributed by atoms with van der Waals surface area (Å²) in [5, 5.41) is 3.55. The van der Waals surface area contributed by atoms with E-state index in [0.29, 0.717) is 6.10 Å². The lowest BCUT2D eigenvalue weighted by Crippen LogP contribution is -2.46. The van der Waals surface area contributed by atoms with E-state index in [2.05, 4.69) is 17.1 Å². The fraction of sp³-hybridized carbons (Fsp3) is 1.00. The molecular weight excluding hydrogens is 200 g/mol. The lowest BCUT2D eigenvalue weighted by Gasteiger charge is -2.32. The van der Waals surface area contributed by atoms with Crippen LogP contribution in [-0.2, 0) is 4.74 Å². The molecule has 1 heterocycles. The molecule has 1 N–H and O–H groups in total. The largest absolute Gasteiger partial charge is 0.374 e. The third kappa shape index (κ3) is 3.72. The molecule has 0 bridgehead atoms. The molecule has 0 aromatic heterocycles. The first-order chi connectivity index (χ1) is 7.88. The zero-order valence-electron chi connectivity index (χ0n) is 10.6. The predicted octanol–water partition coefficient (Wildman–Crippen LogP) is 1.49. The fourth-order valence-electron chi connectivity index (χ4n) is 2.54. The number of nitrogens with one attached hydrogen (secondary N) is 1. The van der Waals surface area contributed by atoms with E-state index in [4.69, 9.17) is 4.74 Å². The van der Waals surface area contributed by atoms with Crippen LogP contribution < -0.4 is 5.32 Å². The van der Waals surface area contributed by atoms with Gasteiger partial charge in [0.15, 0.2) is 0 Å². The van der Waals surface area contributed by atoms with Gasteiger partial charge >= 0.3 is 0 Å². The highest BCUT2D eigenvalue weighted by molar-refractivity contribution is 4.74. The molecule has 0 spiro atoms. The van der Waals surface area contributed by atoms with Gasteiger partial charge in [-0.2, -0.15) is 0 Å². The standard InChI is InChI=1S/C13H26N2O/c1-2-15-8-9-16-13(11-15)10-14-7-6-12-4-3-5-12/h12-14H,2-11H2,1H3. The predicted molar refractivity (Wildman–Crippen MR) is 66.7 cm³/mol. The lowest BCUT2D eigenvalue weighted by atomic mass is 9.83. The molecule has 16 heavy (non-hydrogen) atoms. The van der Waals surface area contributed by atoms with E-state index in [-0.39, 0.29) is 0 Å². The molecule has 0 aromatic carbocycles. The van der Waals surface area contributed by atoms with Gasteiger partial charge in [-0.3, -0.25) is 4.90 Å². The van der Waals surface area contributed by atoms with Crippen molar-refractivity contribution in [3.05, 3.63) is 0 Å². The second-order valence-corrected chi connectivity index (χ2v) is 5.18. The quantitative estimate of drug-likeness (QED) is 0.694. The van der Waals surface area contributed by atoms with Gasteiger partial charge in [0.25, 0.3) is 0 Å². The van der Waals surface area contributed by atoms with Gasteiger partial charge in [0.05, 0.1) is 12.7 Å². The van der Waals surface area contributed by atoms with Gasteiger partial charge in [0.2, 0.25) is 0 Å². The van der Waals surface area contributed by atoms with E-state index in [1.165, 1.54) is 32.2 Å². The summed E-state index contributed by atoms with van der Waals surface area (Å²) in [4.78, 5) is 2.47. The molecule has 0 aromatic rings. The average molecular weight is 226 g/mol. The van der Waals surface area contributed by atoms with Crippen molar-refractivity contribution in [2.24, 2.45) is 5.92 Å². The lowest BCUT2D eigenvalue weighted by molar-refractivity contribution is -0.0253. The number of morpholine rings is 1. The summed E-state index contributed by atoms with van der Waals surface area (Å²) in [5.74, 6) is 1.02. The number of rotatable bonds is 6. The van der Waals surface area contributed by atoms with Crippen molar-refractivity contribution >= 4 is 0 Å². The third-order valence-corrected chi connectivity index (χ3v) is 4.00. The maximum Gasteiger partial charge on any atom is 0.0826 e. The van der Waals surface area contributed by atoms with Crippen molar-refractivity contribution < 1.29 is 4.74 Å². The SMILES string of the molecule is CCN1CCOC(CNCCC2CCC2)C1. The fourth-order valence-corrected chi connectivity index (χ4v) is 2.54. The van der Waals surface area contributed by atoms with Crippen molar-refractivity contribution in [3.63, 3.8) is 0 Å². The molecule has 0 amide bonds. The van der Waals surface area contributed by atoms with Gasteiger partial charge in [-0.15, -0.1) is 0 Å². The molecule has 3 heteroatoms. The van der Waals surface area contributed by atoms with Crippen LogP contribution in [0.5, 0.6) is 0 Å². The first-order valence-electron chi connectivity index (χ1n) is 6.93. The van der Waals surface area contributed by atoms with E-state index < -0.39 is 0 Å². The monoisotopic (exact) mass is 226 g/mol. The van der Waals surface area contributed by atoms with Crippen molar-refractivity contribution in [1.82, 2.24) is 10.2 Å². The Balaban J connectivity index is 1.51. The zero-order chi connectivity index (χ0) is 11.2. The van der Waals surface area contributed by atoms with Gasteiger partial charge in [0, 0.05) is 19.6 Å². The second-order valence-electron chi connectivity index (χ2n) is 5.18. The Kier molecular flexibility index (Phi) is 5.07. The Morgan fingerprint density at radius 2 is 2.25 bits per heavy atom. The summed E-state index contributed by atoms with van der Waals surface area (Å²) in [7, 11) is 0. The minimum Gasteiger partial charge on any atom is -0.374 e. The number of ether oxygens (including phenoxy) is 1. The molecule has 94 valence electrons. The molecule has 3 nitrogen and oxygen atoms in total. The van der Waals surface area contributed by atoms with Crippen LogP contribution in [0.2, 0.25) is 0 Å². The number of hydrogen-bond acceptors (Lipinski definition) is 3. The summed E-state index contributed by atoms with van der Waals surface area (Å²) in [5.41, 5.74) is 0. The van der Waals surface area contributed by atoms with Crippen molar-refractivity contribution in [2.75, 3.05) is 39.3 Å². The minimum absolute atomic E-state index is 0.412. The number of nitrogens with zero attached hydrogens (tertiary/aromatic N) is 1. The summed E-state index contributed by atoms with van der Waals surface area (Å²) in [6.45, 7) is 8.71. The molecule has 2 aliphatic rings. The van der Waals surface area contributed by atoms with Gasteiger partial charge in [0.1, 0.15) is 0 Å². The highest BCUT2D eigenvalue weighted by Crippen LogP contribution is 2.28. The van der Waals surface area contributed by atoms with Crippen LogP contribution in [0.25, 0.3) is 0 Å². The molecule has 1 saturated carbocycles. The van der Waals surface area contributed by atoms with Gasteiger partial charge in [-0.05, 0) is 25.4 Å². The highest BCUT2D eigenvalue weighted by Gasteiger charge is 2.19. The summed E-state index contributed by atoms with van der Waals surface area (Å²) >= 11 is 0. The van der Waals surface area contributed by atoms with Crippen molar-refractivity contribution in [1.29, 1.82) is 0 Å². The summed E-state index contributed by atoms with van der Waals surface area (Å²) in [6.07, 6.45) is 6.16. The van der Waals surface area contributed by atoms with E-state index >= 15 is 0 Å². The van der Waals surface area contributed by atoms with Crippen LogP contribution in [0.15, 0.2) is 0 Å². The zero-order valence-corrected chi connectivity index (χ0v) is 10.6. The van der Waals surface area contributed by atoms with Crippen LogP contribution >= 0.6 is 0 Å². The number of likely N-dealkylation sites (N-methyl/N-ethyl adjacent to an activating group) is 1. The molecule has 2 fully saturated rings. The van der Waals surface area contributed by atoms with Crippen molar-refractivity contribution in [3.8, 4) is 0 Å². The molecule has 1 unspecified atom stereocenters. The summed E-state index contributed by atoms with van der Waals surface area (Å²) in [6, 6.07) is 0. The second kappa shape index (κ2) is 6.58. The molecule has 1 saturated heterocycles. The third-order valence-electron chi connectivity index (χ3n) is 4.00. The van der Waals surface area contributed by atoms with Crippen molar-refractivity contribution in [2.45, 2.75) is 38.7 Å². The van der Waals surface area contributed by atoms with Gasteiger partial charge in [-0.25, -0.2) is 0 Å². The Bertz CT molecular complexity index is 194. The van der Waals surface area contributed by atoms with Crippen LogP contribution in [0.4, 0.5) is 0 Å². The Morgan fingerprint density at radius 1 is 1.38 bits per heavy atom. The van der Waals surface area contributed by atoms with E-state index in [1.807, 2.05) is 0 Å². The first kappa shape index (κ1) is 12.3. The summed E-state index contributed by atoms with van der Waals surface area (Å²) < 4.78 is 5.75. The van der Waals surface area contributed by atoms with E-state index in [9.17, 15) is 0 Å². The van der Waals surface area contributed by atoms with Gasteiger partial charge < -0.3 is 10.1 Å². The van der Waals surface area contributed by atoms with Crippen LogP contribution in [0.1, 0.15) is 32.6 Å². The van der Waals surface area contributed by atoms with E-state index in [1.54, 1.807) is 0 Å². The normalized spacial score (nSPS) is 27.9. The highest BCUT2D eigenvalue weighted by atomic mass is 16.5. The minimum atomic E-state index is 0.412. The molecular formula is C13H26N2O. The Labute approximate surface area is 99.5 Å². The van der Waals surface area contributed by atoms with E-state index in [0.717, 1.165) is 38.7 Å². The maximum absolute atomic E-state index is 5.75. The Hall–Kier alpha value is -0.120. The van der Waals surface area contributed by atoms with Crippen LogP contribution in [0.3, 0.4) is 0 Å². The maximum atomic E-state index is 5.75. The Morgan fingerprint density at radius 3 is 2.94 bits per heavy atom. The topological polar surface area (TPSA) is 24.5 Å². The average Bonchev–Trinajstić information content (AvgIpc) is 2.27. The van der Waals surface area contributed by atoms with Gasteiger partial charge in [-0.1, -0.05) is 26.2 Å². The first-order valence-corrected chi connectivity index (χ1v) is 6.93. The van der Waals surface area contributed by atoms with Crippen LogP contribution in [-0.4, -0.2) is 50.3 Å². The molecule has 0 radical (unpaired) electrons. The smallest absolute Gasteiger partial charge is 0.0826 e. The molecule has 1 aliphatic carbocycles. The van der Waals surface area contributed by atoms with Crippen LogP contribution in [0, 0.1) is 5.92 Å². The molecule has 2 rings (SSSR count). The number of hydrogen-bond donors (Lipinski definition) is 1. The molecule has 1 atom stereocenters.